The highest BCUT2D eigenvalue weighted by Gasteiger charge is 2.31. The summed E-state index contributed by atoms with van der Waals surface area (Å²) in [6.07, 6.45) is 3.17. The topological polar surface area (TPSA) is 66.4 Å². The minimum atomic E-state index is -0.842. The molecule has 20 heavy (non-hydrogen) atoms. The molecule has 2 N–H and O–H groups in total. The zero-order valence-corrected chi connectivity index (χ0v) is 11.1. The predicted molar refractivity (Wildman–Crippen MR) is 74.8 cm³/mol. The molecule has 1 aromatic rings. The number of hydrogen-bond acceptors (Lipinski definition) is 2. The van der Waals surface area contributed by atoms with E-state index < -0.39 is 17.8 Å². The first-order chi connectivity index (χ1) is 9.66. The highest BCUT2D eigenvalue weighted by atomic mass is 16.4. The van der Waals surface area contributed by atoms with Gasteiger partial charge in [-0.05, 0) is 25.0 Å². The van der Waals surface area contributed by atoms with Crippen molar-refractivity contribution in [1.29, 1.82) is 0 Å². The second-order valence-electron chi connectivity index (χ2n) is 4.93. The number of carbonyl (C=O) groups excluding carboxylic acids is 1. The molecular formula is C16H17NO3. The first kappa shape index (κ1) is 14.1. The van der Waals surface area contributed by atoms with E-state index in [2.05, 4.69) is 17.2 Å². The van der Waals surface area contributed by atoms with Gasteiger partial charge in [0, 0.05) is 17.5 Å². The SMILES string of the molecule is O=C(C#Cc1ccccc1)NC1CCCCC1C(=O)O. The van der Waals surface area contributed by atoms with Crippen LogP contribution in [0.5, 0.6) is 0 Å². The highest BCUT2D eigenvalue weighted by Crippen LogP contribution is 2.24. The number of carboxylic acid groups (broad SMARTS) is 1. The largest absolute Gasteiger partial charge is 0.481 e. The summed E-state index contributed by atoms with van der Waals surface area (Å²) in [5, 5.41) is 11.9. The Bertz CT molecular complexity index is 542. The Morgan fingerprint density at radius 1 is 1.15 bits per heavy atom. The Hall–Kier alpha value is -2.28. The van der Waals surface area contributed by atoms with Crippen molar-refractivity contribution in [3.8, 4) is 11.8 Å². The molecule has 1 amide bonds. The third-order valence-electron chi connectivity index (χ3n) is 3.49. The maximum Gasteiger partial charge on any atom is 0.308 e. The molecule has 4 nitrogen and oxygen atoms in total. The van der Waals surface area contributed by atoms with Gasteiger partial charge in [-0.15, -0.1) is 0 Å². The van der Waals surface area contributed by atoms with Gasteiger partial charge in [-0.25, -0.2) is 0 Å². The van der Waals surface area contributed by atoms with Crippen LogP contribution in [0.15, 0.2) is 30.3 Å². The van der Waals surface area contributed by atoms with Crippen molar-refractivity contribution in [3.05, 3.63) is 35.9 Å². The average Bonchev–Trinajstić information content (AvgIpc) is 2.46. The first-order valence-electron chi connectivity index (χ1n) is 6.77. The van der Waals surface area contributed by atoms with Gasteiger partial charge in [0.1, 0.15) is 0 Å². The molecule has 0 aromatic heterocycles. The summed E-state index contributed by atoms with van der Waals surface area (Å²) in [7, 11) is 0. The third kappa shape index (κ3) is 3.86. The van der Waals surface area contributed by atoms with E-state index in [0.717, 1.165) is 18.4 Å². The summed E-state index contributed by atoms with van der Waals surface area (Å²) in [4.78, 5) is 22.9. The molecule has 2 unspecified atom stereocenters. The van der Waals surface area contributed by atoms with Crippen LogP contribution in [0.3, 0.4) is 0 Å². The first-order valence-corrected chi connectivity index (χ1v) is 6.77. The molecule has 4 heteroatoms. The van der Waals surface area contributed by atoms with Crippen molar-refractivity contribution in [1.82, 2.24) is 5.32 Å². The van der Waals surface area contributed by atoms with Crippen LogP contribution in [0.4, 0.5) is 0 Å². The lowest BCUT2D eigenvalue weighted by Crippen LogP contribution is -2.44. The molecule has 1 aliphatic carbocycles. The van der Waals surface area contributed by atoms with E-state index in [1.54, 1.807) is 0 Å². The van der Waals surface area contributed by atoms with Gasteiger partial charge in [-0.2, -0.15) is 0 Å². The van der Waals surface area contributed by atoms with Crippen molar-refractivity contribution >= 4 is 11.9 Å². The third-order valence-corrected chi connectivity index (χ3v) is 3.49. The van der Waals surface area contributed by atoms with E-state index in [-0.39, 0.29) is 6.04 Å². The average molecular weight is 271 g/mol. The van der Waals surface area contributed by atoms with Crippen LogP contribution >= 0.6 is 0 Å². The number of benzene rings is 1. The van der Waals surface area contributed by atoms with Crippen LogP contribution in [0.25, 0.3) is 0 Å². The van der Waals surface area contributed by atoms with Crippen molar-refractivity contribution in [2.45, 2.75) is 31.7 Å². The lowest BCUT2D eigenvalue weighted by atomic mass is 9.84. The van der Waals surface area contributed by atoms with Crippen LogP contribution in [0.2, 0.25) is 0 Å². The molecule has 0 saturated heterocycles. The maximum atomic E-state index is 11.8. The van der Waals surface area contributed by atoms with E-state index in [9.17, 15) is 9.59 Å². The zero-order chi connectivity index (χ0) is 14.4. The summed E-state index contributed by atoms with van der Waals surface area (Å²) in [6, 6.07) is 8.92. The fourth-order valence-electron chi connectivity index (χ4n) is 2.45. The number of amides is 1. The van der Waals surface area contributed by atoms with Crippen LogP contribution in [-0.2, 0) is 9.59 Å². The van der Waals surface area contributed by atoms with Gasteiger partial charge in [-0.3, -0.25) is 9.59 Å². The normalized spacial score (nSPS) is 21.4. The fraction of sp³-hybridized carbons (Fsp3) is 0.375. The van der Waals surface area contributed by atoms with Crippen molar-refractivity contribution in [3.63, 3.8) is 0 Å². The van der Waals surface area contributed by atoms with Gasteiger partial charge in [-0.1, -0.05) is 37.0 Å². The predicted octanol–water partition coefficient (Wildman–Crippen LogP) is 1.80. The molecule has 1 fully saturated rings. The molecule has 0 radical (unpaired) electrons. The maximum absolute atomic E-state index is 11.8. The van der Waals surface area contributed by atoms with E-state index in [0.29, 0.717) is 12.8 Å². The van der Waals surface area contributed by atoms with Gasteiger partial charge >= 0.3 is 5.97 Å². The van der Waals surface area contributed by atoms with Gasteiger partial charge in [0.25, 0.3) is 5.91 Å². The number of carbonyl (C=O) groups is 2. The molecular weight excluding hydrogens is 254 g/mol. The van der Waals surface area contributed by atoms with E-state index >= 15 is 0 Å². The molecule has 2 atom stereocenters. The van der Waals surface area contributed by atoms with Crippen molar-refractivity contribution < 1.29 is 14.7 Å². The molecule has 1 aromatic carbocycles. The number of aliphatic carboxylic acids is 1. The van der Waals surface area contributed by atoms with Crippen LogP contribution in [0.1, 0.15) is 31.2 Å². The molecule has 1 aliphatic rings. The van der Waals surface area contributed by atoms with Crippen LogP contribution in [-0.4, -0.2) is 23.0 Å². The number of rotatable bonds is 2. The van der Waals surface area contributed by atoms with Crippen molar-refractivity contribution in [2.75, 3.05) is 0 Å². The van der Waals surface area contributed by atoms with E-state index in [4.69, 9.17) is 5.11 Å². The van der Waals surface area contributed by atoms with E-state index in [1.807, 2.05) is 30.3 Å². The minimum absolute atomic E-state index is 0.307. The Morgan fingerprint density at radius 2 is 1.85 bits per heavy atom. The Labute approximate surface area is 118 Å². The Balaban J connectivity index is 1.97. The number of hydrogen-bond donors (Lipinski definition) is 2. The molecule has 0 heterocycles. The molecule has 0 bridgehead atoms. The summed E-state index contributed by atoms with van der Waals surface area (Å²) >= 11 is 0. The molecule has 1 saturated carbocycles. The number of carboxylic acids is 1. The quantitative estimate of drug-likeness (QED) is 0.806. The molecule has 0 aliphatic heterocycles. The summed E-state index contributed by atoms with van der Waals surface area (Å²) in [5.41, 5.74) is 0.765. The summed E-state index contributed by atoms with van der Waals surface area (Å²) < 4.78 is 0. The Morgan fingerprint density at radius 3 is 2.55 bits per heavy atom. The molecule has 104 valence electrons. The van der Waals surface area contributed by atoms with Crippen LogP contribution < -0.4 is 5.32 Å². The summed E-state index contributed by atoms with van der Waals surface area (Å²) in [5.74, 6) is 3.54. The second kappa shape index (κ2) is 6.76. The van der Waals surface area contributed by atoms with Gasteiger partial charge in [0.15, 0.2) is 0 Å². The highest BCUT2D eigenvalue weighted by molar-refractivity contribution is 5.94. The second-order valence-corrected chi connectivity index (χ2v) is 4.93. The van der Waals surface area contributed by atoms with Gasteiger partial charge < -0.3 is 10.4 Å². The lowest BCUT2D eigenvalue weighted by Gasteiger charge is -2.28. The number of nitrogens with one attached hydrogen (secondary N) is 1. The van der Waals surface area contributed by atoms with Gasteiger partial charge in [0.05, 0.1) is 5.92 Å². The van der Waals surface area contributed by atoms with Gasteiger partial charge in [0.2, 0.25) is 0 Å². The summed E-state index contributed by atoms with van der Waals surface area (Å²) in [6.45, 7) is 0. The smallest absolute Gasteiger partial charge is 0.308 e. The lowest BCUT2D eigenvalue weighted by molar-refractivity contribution is -0.144. The molecule has 2 rings (SSSR count). The molecule has 0 spiro atoms. The fourth-order valence-corrected chi connectivity index (χ4v) is 2.45. The standard InChI is InChI=1S/C16H17NO3/c18-15(11-10-12-6-2-1-3-7-12)17-14-9-5-4-8-13(14)16(19)20/h1-3,6-7,13-14H,4-5,8-9H2,(H,17,18)(H,19,20). The van der Waals surface area contributed by atoms with E-state index in [1.165, 1.54) is 0 Å². The van der Waals surface area contributed by atoms with Crippen LogP contribution in [0, 0.1) is 17.8 Å². The minimum Gasteiger partial charge on any atom is -0.481 e. The van der Waals surface area contributed by atoms with Crippen molar-refractivity contribution in [2.24, 2.45) is 5.92 Å². The monoisotopic (exact) mass is 271 g/mol. The zero-order valence-electron chi connectivity index (χ0n) is 11.1. The Kier molecular flexibility index (Phi) is 4.78.